The van der Waals surface area contributed by atoms with Crippen LogP contribution in [0.5, 0.6) is 0 Å². The molecule has 15 heavy (non-hydrogen) atoms. The molecule has 0 aliphatic heterocycles. The number of nitrogens with one attached hydrogen (secondary N) is 1. The Kier molecular flexibility index (Phi) is 6.21. The highest BCUT2D eigenvalue weighted by atomic mass is 35.5. The summed E-state index contributed by atoms with van der Waals surface area (Å²) in [6, 6.07) is 0. The fraction of sp³-hybridized carbons (Fsp3) is 0.727. The summed E-state index contributed by atoms with van der Waals surface area (Å²) in [4.78, 5) is 11.2. The predicted octanol–water partition coefficient (Wildman–Crippen LogP) is 1.86. The largest absolute Gasteiger partial charge is 0.347 e. The first-order valence-corrected chi connectivity index (χ1v) is 4.84. The summed E-state index contributed by atoms with van der Waals surface area (Å²) in [7, 11) is 0. The molecular formula is C11H23ClN2O. The van der Waals surface area contributed by atoms with E-state index in [9.17, 15) is 4.79 Å². The van der Waals surface area contributed by atoms with E-state index in [1.54, 1.807) is 0 Å². The Hall–Kier alpha value is -0.540. The molecule has 4 heteroatoms. The number of carbonyl (C=O) groups is 1. The third-order valence-corrected chi connectivity index (χ3v) is 2.83. The number of carbonyl (C=O) groups excluding carboxylic acids is 1. The van der Waals surface area contributed by atoms with E-state index in [1.807, 2.05) is 34.6 Å². The zero-order chi connectivity index (χ0) is 11.6. The summed E-state index contributed by atoms with van der Waals surface area (Å²) >= 11 is 0. The molecule has 1 amide bonds. The molecule has 0 radical (unpaired) electrons. The van der Waals surface area contributed by atoms with Crippen molar-refractivity contribution in [1.82, 2.24) is 5.32 Å². The van der Waals surface area contributed by atoms with Gasteiger partial charge in [0.15, 0.2) is 0 Å². The Bertz CT molecular complexity index is 231. The summed E-state index contributed by atoms with van der Waals surface area (Å²) in [6.45, 7) is 13.3. The van der Waals surface area contributed by atoms with Gasteiger partial charge in [-0.3, -0.25) is 4.79 Å². The zero-order valence-corrected chi connectivity index (χ0v) is 11.1. The third-order valence-electron chi connectivity index (χ3n) is 2.83. The number of hydrogen-bond donors (Lipinski definition) is 2. The number of rotatable bonds is 4. The molecule has 0 aromatic heterocycles. The van der Waals surface area contributed by atoms with Crippen LogP contribution < -0.4 is 11.1 Å². The van der Waals surface area contributed by atoms with Crippen molar-refractivity contribution in [3.05, 3.63) is 12.7 Å². The SMILES string of the molecule is C=CC(=O)NC(C)(C)C(C)C(C)(C)N.Cl. The summed E-state index contributed by atoms with van der Waals surface area (Å²) in [5.41, 5.74) is 5.35. The molecule has 1 atom stereocenters. The molecule has 0 bridgehead atoms. The summed E-state index contributed by atoms with van der Waals surface area (Å²) in [5.74, 6) is 0.00463. The molecule has 1 unspecified atom stereocenters. The van der Waals surface area contributed by atoms with Crippen LogP contribution in [-0.4, -0.2) is 17.0 Å². The molecule has 0 aromatic rings. The van der Waals surface area contributed by atoms with Gasteiger partial charge in [0.1, 0.15) is 0 Å². The maximum absolute atomic E-state index is 11.2. The minimum atomic E-state index is -0.330. The quantitative estimate of drug-likeness (QED) is 0.730. The van der Waals surface area contributed by atoms with E-state index >= 15 is 0 Å². The van der Waals surface area contributed by atoms with Crippen LogP contribution in [0.15, 0.2) is 12.7 Å². The van der Waals surface area contributed by atoms with Crippen LogP contribution in [0.4, 0.5) is 0 Å². The van der Waals surface area contributed by atoms with Crippen molar-refractivity contribution in [2.24, 2.45) is 11.7 Å². The van der Waals surface area contributed by atoms with Gasteiger partial charge < -0.3 is 11.1 Å². The molecule has 0 aromatic carbocycles. The molecule has 0 fully saturated rings. The van der Waals surface area contributed by atoms with Gasteiger partial charge >= 0.3 is 0 Å². The third kappa shape index (κ3) is 5.19. The van der Waals surface area contributed by atoms with Gasteiger partial charge in [-0.25, -0.2) is 0 Å². The Morgan fingerprint density at radius 3 is 2.07 bits per heavy atom. The van der Waals surface area contributed by atoms with Crippen molar-refractivity contribution < 1.29 is 4.79 Å². The molecular weight excluding hydrogens is 212 g/mol. The van der Waals surface area contributed by atoms with Crippen molar-refractivity contribution in [3.63, 3.8) is 0 Å². The lowest BCUT2D eigenvalue weighted by Gasteiger charge is -2.40. The molecule has 0 aliphatic rings. The Morgan fingerprint density at radius 2 is 1.80 bits per heavy atom. The van der Waals surface area contributed by atoms with Crippen LogP contribution >= 0.6 is 12.4 Å². The lowest BCUT2D eigenvalue weighted by atomic mass is 9.76. The van der Waals surface area contributed by atoms with E-state index in [2.05, 4.69) is 11.9 Å². The van der Waals surface area contributed by atoms with Crippen LogP contribution in [0.25, 0.3) is 0 Å². The minimum absolute atomic E-state index is 0. The van der Waals surface area contributed by atoms with Gasteiger partial charge in [0.25, 0.3) is 0 Å². The molecule has 0 saturated heterocycles. The van der Waals surface area contributed by atoms with E-state index in [0.29, 0.717) is 0 Å². The number of amides is 1. The van der Waals surface area contributed by atoms with Crippen LogP contribution in [-0.2, 0) is 4.79 Å². The van der Waals surface area contributed by atoms with Crippen LogP contribution in [0.2, 0.25) is 0 Å². The number of halogens is 1. The predicted molar refractivity (Wildman–Crippen MR) is 67.1 cm³/mol. The Morgan fingerprint density at radius 1 is 1.40 bits per heavy atom. The summed E-state index contributed by atoms with van der Waals surface area (Å²) in [6.07, 6.45) is 1.28. The second-order valence-electron chi connectivity index (χ2n) is 4.96. The van der Waals surface area contributed by atoms with Crippen LogP contribution in [0.1, 0.15) is 34.6 Å². The smallest absolute Gasteiger partial charge is 0.243 e. The highest BCUT2D eigenvalue weighted by Gasteiger charge is 2.35. The normalized spacial score (nSPS) is 13.7. The summed E-state index contributed by atoms with van der Waals surface area (Å²) in [5, 5.41) is 2.88. The average molecular weight is 235 g/mol. The maximum Gasteiger partial charge on any atom is 0.243 e. The molecule has 0 spiro atoms. The van der Waals surface area contributed by atoms with Crippen molar-refractivity contribution >= 4 is 18.3 Å². The van der Waals surface area contributed by atoms with Crippen LogP contribution in [0.3, 0.4) is 0 Å². The molecule has 3 N–H and O–H groups in total. The van der Waals surface area contributed by atoms with Gasteiger partial charge in [0.05, 0.1) is 0 Å². The second kappa shape index (κ2) is 5.52. The standard InChI is InChI=1S/C11H22N2O.ClH/c1-7-9(14)13-11(5,6)8(2)10(3,4)12;/h7-8H,1,12H2,2-6H3,(H,13,14);1H. The highest BCUT2D eigenvalue weighted by molar-refractivity contribution is 5.87. The zero-order valence-electron chi connectivity index (χ0n) is 10.3. The van der Waals surface area contributed by atoms with Crippen molar-refractivity contribution in [2.75, 3.05) is 0 Å². The van der Waals surface area contributed by atoms with Gasteiger partial charge in [-0.05, 0) is 39.7 Å². The lowest BCUT2D eigenvalue weighted by molar-refractivity contribution is -0.118. The Balaban J connectivity index is 0. The van der Waals surface area contributed by atoms with Gasteiger partial charge in [0, 0.05) is 11.1 Å². The van der Waals surface area contributed by atoms with Gasteiger partial charge in [-0.15, -0.1) is 12.4 Å². The van der Waals surface area contributed by atoms with Gasteiger partial charge in [0.2, 0.25) is 5.91 Å². The first kappa shape index (κ1) is 16.9. The van der Waals surface area contributed by atoms with E-state index in [0.717, 1.165) is 0 Å². The topological polar surface area (TPSA) is 55.1 Å². The van der Waals surface area contributed by atoms with Crippen molar-refractivity contribution in [3.8, 4) is 0 Å². The first-order valence-electron chi connectivity index (χ1n) is 4.84. The van der Waals surface area contributed by atoms with Crippen molar-refractivity contribution in [2.45, 2.75) is 45.7 Å². The Labute approximate surface area is 98.9 Å². The van der Waals surface area contributed by atoms with Crippen molar-refractivity contribution in [1.29, 1.82) is 0 Å². The van der Waals surface area contributed by atoms with E-state index in [1.165, 1.54) is 6.08 Å². The van der Waals surface area contributed by atoms with Crippen LogP contribution in [0, 0.1) is 5.92 Å². The minimum Gasteiger partial charge on any atom is -0.347 e. The average Bonchev–Trinajstić information content (AvgIpc) is 2.00. The number of nitrogens with two attached hydrogens (primary N) is 1. The van der Waals surface area contributed by atoms with E-state index in [4.69, 9.17) is 5.73 Å². The molecule has 0 aliphatic carbocycles. The van der Waals surface area contributed by atoms with E-state index < -0.39 is 0 Å². The molecule has 90 valence electrons. The highest BCUT2D eigenvalue weighted by Crippen LogP contribution is 2.25. The molecule has 3 nitrogen and oxygen atoms in total. The first-order chi connectivity index (χ1) is 6.11. The number of hydrogen-bond acceptors (Lipinski definition) is 2. The molecule has 0 rings (SSSR count). The maximum atomic E-state index is 11.2. The molecule has 0 heterocycles. The van der Waals surface area contributed by atoms with Gasteiger partial charge in [-0.2, -0.15) is 0 Å². The molecule has 0 saturated carbocycles. The second-order valence-corrected chi connectivity index (χ2v) is 4.96. The fourth-order valence-electron chi connectivity index (χ4n) is 1.41. The summed E-state index contributed by atoms with van der Waals surface area (Å²) < 4.78 is 0. The monoisotopic (exact) mass is 234 g/mol. The van der Waals surface area contributed by atoms with Gasteiger partial charge in [-0.1, -0.05) is 13.5 Å². The lowest BCUT2D eigenvalue weighted by Crippen LogP contribution is -2.57. The van der Waals surface area contributed by atoms with E-state index in [-0.39, 0.29) is 35.3 Å². The fourth-order valence-corrected chi connectivity index (χ4v) is 1.41.